The van der Waals surface area contributed by atoms with Gasteiger partial charge < -0.3 is 10.4 Å². The van der Waals surface area contributed by atoms with Gasteiger partial charge in [0, 0.05) is 23.6 Å². The Morgan fingerprint density at radius 2 is 1.77 bits per heavy atom. The van der Waals surface area contributed by atoms with Crippen LogP contribution in [0.25, 0.3) is 0 Å². The summed E-state index contributed by atoms with van der Waals surface area (Å²) in [5.74, 6) is -1.69. The molecule has 0 saturated heterocycles. The van der Waals surface area contributed by atoms with Crippen molar-refractivity contribution in [3.63, 3.8) is 0 Å². The average Bonchev–Trinajstić information content (AvgIpc) is 2.50. The smallest absolute Gasteiger partial charge is 0.326 e. The van der Waals surface area contributed by atoms with Crippen molar-refractivity contribution >= 4 is 17.5 Å². The number of hydrogen-bond donors (Lipinski definition) is 2. The van der Waals surface area contributed by atoms with Crippen molar-refractivity contribution in [1.82, 2.24) is 5.32 Å². The van der Waals surface area contributed by atoms with Gasteiger partial charge in [0.05, 0.1) is 5.70 Å². The summed E-state index contributed by atoms with van der Waals surface area (Å²) in [7, 11) is 0. The Hall–Kier alpha value is -2.69. The maximum Gasteiger partial charge on any atom is 0.326 e. The largest absolute Gasteiger partial charge is 0.480 e. The van der Waals surface area contributed by atoms with Crippen molar-refractivity contribution in [2.45, 2.75) is 26.3 Å². The predicted octanol–water partition coefficient (Wildman–Crippen LogP) is 1.64. The number of hydrogen-bond acceptors (Lipinski definition) is 4. The van der Waals surface area contributed by atoms with E-state index in [-0.39, 0.29) is 23.7 Å². The maximum atomic E-state index is 12.2. The lowest BCUT2D eigenvalue weighted by atomic mass is 9.94. The first kappa shape index (κ1) is 15.7. The summed E-state index contributed by atoms with van der Waals surface area (Å²) in [6.07, 6.45) is 1.39. The van der Waals surface area contributed by atoms with Crippen LogP contribution in [0, 0.1) is 0 Å². The van der Waals surface area contributed by atoms with Gasteiger partial charge in [-0.25, -0.2) is 4.79 Å². The van der Waals surface area contributed by atoms with E-state index in [2.05, 4.69) is 5.32 Å². The highest BCUT2D eigenvalue weighted by Gasteiger charge is 2.27. The van der Waals surface area contributed by atoms with E-state index < -0.39 is 12.0 Å². The standard InChI is InChI=1S/C17H17NO4/c1-10-11(2)16(20)13(9-15(10)19)18-14(17(21)22)8-12-6-4-3-5-7-12/h3-7,9,14,18H,8H2,1-2H3,(H,21,22). The lowest BCUT2D eigenvalue weighted by Gasteiger charge is -2.20. The molecule has 22 heavy (non-hydrogen) atoms. The van der Waals surface area contributed by atoms with Gasteiger partial charge in [-0.2, -0.15) is 0 Å². The molecular formula is C17H17NO4. The fourth-order valence-electron chi connectivity index (χ4n) is 2.21. The van der Waals surface area contributed by atoms with Crippen LogP contribution in [0.4, 0.5) is 0 Å². The van der Waals surface area contributed by atoms with Crippen LogP contribution in [-0.2, 0) is 20.8 Å². The molecule has 114 valence electrons. The molecule has 5 heteroatoms. The van der Waals surface area contributed by atoms with Crippen molar-refractivity contribution in [3.8, 4) is 0 Å². The van der Waals surface area contributed by atoms with E-state index in [1.807, 2.05) is 30.3 Å². The molecule has 2 rings (SSSR count). The number of ketones is 2. The van der Waals surface area contributed by atoms with Crippen molar-refractivity contribution in [2.75, 3.05) is 0 Å². The first-order valence-electron chi connectivity index (χ1n) is 6.91. The maximum absolute atomic E-state index is 12.2. The van der Waals surface area contributed by atoms with Crippen molar-refractivity contribution < 1.29 is 19.5 Å². The van der Waals surface area contributed by atoms with Crippen molar-refractivity contribution in [3.05, 3.63) is 58.8 Å². The number of carboxylic acid groups (broad SMARTS) is 1. The molecule has 0 aromatic heterocycles. The van der Waals surface area contributed by atoms with Crippen LogP contribution < -0.4 is 5.32 Å². The van der Waals surface area contributed by atoms with Crippen LogP contribution >= 0.6 is 0 Å². The molecular weight excluding hydrogens is 282 g/mol. The van der Waals surface area contributed by atoms with Gasteiger partial charge in [0.2, 0.25) is 5.78 Å². The number of rotatable bonds is 5. The van der Waals surface area contributed by atoms with E-state index >= 15 is 0 Å². The zero-order valence-corrected chi connectivity index (χ0v) is 12.4. The third kappa shape index (κ3) is 3.31. The Morgan fingerprint density at radius 1 is 1.14 bits per heavy atom. The van der Waals surface area contributed by atoms with Crippen LogP contribution in [0.5, 0.6) is 0 Å². The summed E-state index contributed by atoms with van der Waals surface area (Å²) in [5.41, 5.74) is 1.61. The molecule has 1 aromatic carbocycles. The van der Waals surface area contributed by atoms with Crippen LogP contribution in [0.2, 0.25) is 0 Å². The molecule has 0 radical (unpaired) electrons. The molecule has 1 aliphatic rings. The summed E-state index contributed by atoms with van der Waals surface area (Å²) >= 11 is 0. The predicted molar refractivity (Wildman–Crippen MR) is 81.2 cm³/mol. The van der Waals surface area contributed by atoms with Crippen molar-refractivity contribution in [1.29, 1.82) is 0 Å². The Balaban J connectivity index is 2.19. The number of Topliss-reactive ketones (excluding diaryl/α,β-unsaturated/α-hetero) is 1. The van der Waals surface area contributed by atoms with Crippen LogP contribution in [0.15, 0.2) is 53.3 Å². The third-order valence-corrected chi connectivity index (χ3v) is 3.70. The SMILES string of the molecule is CC1=C(C)C(=O)C(NC(Cc2ccccc2)C(=O)O)=CC1=O. The van der Waals surface area contributed by atoms with Crippen molar-refractivity contribution in [2.24, 2.45) is 0 Å². The average molecular weight is 299 g/mol. The fraction of sp³-hybridized carbons (Fsp3) is 0.235. The summed E-state index contributed by atoms with van der Waals surface area (Å²) in [4.78, 5) is 35.4. The van der Waals surface area contributed by atoms with Gasteiger partial charge in [-0.15, -0.1) is 0 Å². The molecule has 0 spiro atoms. The van der Waals surface area contributed by atoms with E-state index in [1.54, 1.807) is 13.8 Å². The second-order valence-corrected chi connectivity index (χ2v) is 5.23. The number of aliphatic carboxylic acids is 1. The molecule has 0 heterocycles. The first-order chi connectivity index (χ1) is 10.4. The number of allylic oxidation sites excluding steroid dienone is 3. The topological polar surface area (TPSA) is 83.5 Å². The highest BCUT2D eigenvalue weighted by molar-refractivity contribution is 6.22. The van der Waals surface area contributed by atoms with Gasteiger partial charge >= 0.3 is 5.97 Å². The van der Waals surface area contributed by atoms with E-state index in [0.717, 1.165) is 5.56 Å². The fourth-order valence-corrected chi connectivity index (χ4v) is 2.21. The number of benzene rings is 1. The Kier molecular flexibility index (Phi) is 4.56. The van der Waals surface area contributed by atoms with Crippen LogP contribution in [-0.4, -0.2) is 28.7 Å². The number of carboxylic acids is 1. The lowest BCUT2D eigenvalue weighted by molar-refractivity contribution is -0.139. The molecule has 2 N–H and O–H groups in total. The third-order valence-electron chi connectivity index (χ3n) is 3.70. The number of nitrogens with one attached hydrogen (secondary N) is 1. The summed E-state index contributed by atoms with van der Waals surface area (Å²) in [6, 6.07) is 8.13. The monoisotopic (exact) mass is 299 g/mol. The highest BCUT2D eigenvalue weighted by Crippen LogP contribution is 2.18. The normalized spacial score (nSPS) is 16.4. The molecule has 0 fully saturated rings. The second-order valence-electron chi connectivity index (χ2n) is 5.23. The zero-order chi connectivity index (χ0) is 16.3. The Morgan fingerprint density at radius 3 is 2.36 bits per heavy atom. The van der Waals surface area contributed by atoms with Gasteiger partial charge in [0.1, 0.15) is 6.04 Å². The number of carbonyl (C=O) groups is 3. The van der Waals surface area contributed by atoms with Crippen LogP contribution in [0.1, 0.15) is 19.4 Å². The van der Waals surface area contributed by atoms with E-state index in [0.29, 0.717) is 11.1 Å². The van der Waals surface area contributed by atoms with Gasteiger partial charge in [0.25, 0.3) is 0 Å². The lowest BCUT2D eigenvalue weighted by Crippen LogP contribution is -2.41. The summed E-state index contributed by atoms with van der Waals surface area (Å²) < 4.78 is 0. The minimum Gasteiger partial charge on any atom is -0.480 e. The van der Waals surface area contributed by atoms with Gasteiger partial charge in [0.15, 0.2) is 5.78 Å². The van der Waals surface area contributed by atoms with Gasteiger partial charge in [-0.05, 0) is 19.4 Å². The molecule has 0 bridgehead atoms. The molecule has 5 nitrogen and oxygen atoms in total. The highest BCUT2D eigenvalue weighted by atomic mass is 16.4. The van der Waals surface area contributed by atoms with Crippen LogP contribution in [0.3, 0.4) is 0 Å². The number of carbonyl (C=O) groups excluding carboxylic acids is 2. The van der Waals surface area contributed by atoms with Gasteiger partial charge in [-0.1, -0.05) is 30.3 Å². The molecule has 1 unspecified atom stereocenters. The quantitative estimate of drug-likeness (QED) is 0.808. The molecule has 1 aromatic rings. The van der Waals surface area contributed by atoms with E-state index in [9.17, 15) is 19.5 Å². The molecule has 0 aliphatic heterocycles. The van der Waals surface area contributed by atoms with E-state index in [4.69, 9.17) is 0 Å². The zero-order valence-electron chi connectivity index (χ0n) is 12.4. The first-order valence-corrected chi connectivity index (χ1v) is 6.91. The minimum atomic E-state index is -1.08. The second kappa shape index (κ2) is 6.39. The van der Waals surface area contributed by atoms with E-state index in [1.165, 1.54) is 6.08 Å². The summed E-state index contributed by atoms with van der Waals surface area (Å²) in [5, 5.41) is 12.0. The Labute approximate surface area is 128 Å². The summed E-state index contributed by atoms with van der Waals surface area (Å²) in [6.45, 7) is 3.15. The molecule has 0 amide bonds. The van der Waals surface area contributed by atoms with Gasteiger partial charge in [-0.3, -0.25) is 9.59 Å². The molecule has 1 atom stereocenters. The Bertz CT molecular complexity index is 686. The molecule has 1 aliphatic carbocycles. The molecule has 0 saturated carbocycles. The minimum absolute atomic E-state index is 0.0384.